The van der Waals surface area contributed by atoms with E-state index in [0.717, 1.165) is 22.3 Å². The van der Waals surface area contributed by atoms with Crippen molar-refractivity contribution < 1.29 is 5.21 Å². The van der Waals surface area contributed by atoms with Gasteiger partial charge in [-0.2, -0.15) is 0 Å². The van der Waals surface area contributed by atoms with Crippen molar-refractivity contribution in [3.63, 3.8) is 0 Å². The van der Waals surface area contributed by atoms with Gasteiger partial charge in [-0.3, -0.25) is 0 Å². The Morgan fingerprint density at radius 2 is 1.76 bits per heavy atom. The summed E-state index contributed by atoms with van der Waals surface area (Å²) >= 11 is 3.50. The summed E-state index contributed by atoms with van der Waals surface area (Å²) in [7, 11) is 0. The third-order valence-corrected chi connectivity index (χ3v) is 3.78. The summed E-state index contributed by atoms with van der Waals surface area (Å²) in [5.74, 6) is 0.120. The molecule has 0 unspecified atom stereocenters. The molecule has 0 aliphatic heterocycles. The molecule has 0 aliphatic rings. The first-order valence-electron chi connectivity index (χ1n) is 6.58. The largest absolute Gasteiger partial charge is 0.409 e. The molecule has 2 aromatic rings. The van der Waals surface area contributed by atoms with Crippen molar-refractivity contribution in [2.24, 2.45) is 10.9 Å². The molecular weight excluding hydrogens is 330 g/mol. The lowest BCUT2D eigenvalue weighted by molar-refractivity contribution is 0.318. The molecule has 0 heterocycles. The van der Waals surface area contributed by atoms with E-state index in [1.54, 1.807) is 0 Å². The number of rotatable bonds is 4. The second kappa shape index (κ2) is 6.63. The van der Waals surface area contributed by atoms with Gasteiger partial charge in [0, 0.05) is 22.3 Å². The molecule has 0 aromatic heterocycles. The molecule has 2 aromatic carbocycles. The van der Waals surface area contributed by atoms with Crippen molar-refractivity contribution in [2.75, 3.05) is 5.32 Å². The lowest BCUT2D eigenvalue weighted by Gasteiger charge is -2.13. The average Bonchev–Trinajstić information content (AvgIpc) is 2.46. The normalized spacial score (nSPS) is 11.5. The van der Waals surface area contributed by atoms with Crippen LogP contribution in [0.4, 0.5) is 5.69 Å². The van der Waals surface area contributed by atoms with Crippen LogP contribution < -0.4 is 11.1 Å². The maximum atomic E-state index is 8.64. The van der Waals surface area contributed by atoms with Gasteiger partial charge in [0.2, 0.25) is 0 Å². The highest BCUT2D eigenvalue weighted by Gasteiger charge is 2.04. The van der Waals surface area contributed by atoms with Gasteiger partial charge < -0.3 is 16.3 Å². The predicted molar refractivity (Wildman–Crippen MR) is 89.9 cm³/mol. The highest BCUT2D eigenvalue weighted by molar-refractivity contribution is 9.10. The summed E-state index contributed by atoms with van der Waals surface area (Å²) in [5.41, 5.74) is 10.9. The Balaban J connectivity index is 2.10. The van der Waals surface area contributed by atoms with Crippen molar-refractivity contribution in [1.82, 2.24) is 0 Å². The van der Waals surface area contributed by atoms with Crippen LogP contribution in [-0.4, -0.2) is 11.0 Å². The van der Waals surface area contributed by atoms with Gasteiger partial charge in [-0.1, -0.05) is 45.4 Å². The number of amidine groups is 1. The Hall–Kier alpha value is -2.01. The van der Waals surface area contributed by atoms with E-state index in [0.29, 0.717) is 5.56 Å². The molecule has 110 valence electrons. The van der Waals surface area contributed by atoms with Gasteiger partial charge >= 0.3 is 0 Å². The zero-order chi connectivity index (χ0) is 15.4. The minimum atomic E-state index is 0.120. The maximum Gasteiger partial charge on any atom is 0.170 e. The van der Waals surface area contributed by atoms with E-state index in [9.17, 15) is 0 Å². The van der Waals surface area contributed by atoms with E-state index in [-0.39, 0.29) is 5.84 Å². The van der Waals surface area contributed by atoms with Gasteiger partial charge in [0.1, 0.15) is 0 Å². The Bertz CT molecular complexity index is 643. The number of anilines is 1. The number of halogens is 1. The number of oxime groups is 1. The Morgan fingerprint density at radius 3 is 2.29 bits per heavy atom. The summed E-state index contributed by atoms with van der Waals surface area (Å²) in [6.45, 7) is 4.89. The molecule has 5 heteroatoms. The highest BCUT2D eigenvalue weighted by atomic mass is 79.9. The van der Waals surface area contributed by atoms with Crippen LogP contribution in [0.15, 0.2) is 46.0 Å². The van der Waals surface area contributed by atoms with E-state index in [4.69, 9.17) is 10.9 Å². The van der Waals surface area contributed by atoms with Crippen molar-refractivity contribution >= 4 is 27.5 Å². The highest BCUT2D eigenvalue weighted by Crippen LogP contribution is 2.25. The number of aryl methyl sites for hydroxylation is 2. The first-order valence-corrected chi connectivity index (χ1v) is 7.38. The van der Waals surface area contributed by atoms with Crippen LogP contribution in [-0.2, 0) is 6.54 Å². The van der Waals surface area contributed by atoms with Gasteiger partial charge in [0.05, 0.1) is 0 Å². The molecule has 4 N–H and O–H groups in total. The van der Waals surface area contributed by atoms with Crippen LogP contribution >= 0.6 is 15.9 Å². The van der Waals surface area contributed by atoms with Crippen molar-refractivity contribution in [2.45, 2.75) is 20.4 Å². The van der Waals surface area contributed by atoms with Crippen LogP contribution in [0, 0.1) is 13.8 Å². The number of benzene rings is 2. The first kappa shape index (κ1) is 15.4. The molecule has 4 nitrogen and oxygen atoms in total. The van der Waals surface area contributed by atoms with Crippen molar-refractivity contribution in [1.29, 1.82) is 0 Å². The van der Waals surface area contributed by atoms with Gasteiger partial charge in [0.25, 0.3) is 0 Å². The van der Waals surface area contributed by atoms with Gasteiger partial charge in [0.15, 0.2) is 5.84 Å². The Kier molecular flexibility index (Phi) is 4.85. The Labute approximate surface area is 132 Å². The fourth-order valence-corrected chi connectivity index (χ4v) is 2.92. The van der Waals surface area contributed by atoms with Gasteiger partial charge in [-0.25, -0.2) is 0 Å². The lowest BCUT2D eigenvalue weighted by Crippen LogP contribution is -2.13. The molecule has 21 heavy (non-hydrogen) atoms. The van der Waals surface area contributed by atoms with Crippen molar-refractivity contribution in [3.8, 4) is 0 Å². The minimum absolute atomic E-state index is 0.120. The third-order valence-electron chi connectivity index (χ3n) is 3.32. The number of nitrogens with two attached hydrogens (primary N) is 1. The van der Waals surface area contributed by atoms with E-state index in [1.165, 1.54) is 11.1 Å². The first-order chi connectivity index (χ1) is 10.0. The van der Waals surface area contributed by atoms with E-state index in [1.807, 2.05) is 24.3 Å². The fraction of sp³-hybridized carbons (Fsp3) is 0.188. The summed E-state index contributed by atoms with van der Waals surface area (Å²) in [4.78, 5) is 0. The number of nitrogens with zero attached hydrogens (tertiary/aromatic N) is 1. The van der Waals surface area contributed by atoms with Gasteiger partial charge in [-0.15, -0.1) is 0 Å². The van der Waals surface area contributed by atoms with E-state index in [2.05, 4.69) is 52.4 Å². The van der Waals surface area contributed by atoms with E-state index >= 15 is 0 Å². The molecule has 2 rings (SSSR count). The molecular formula is C16H18BrN3O. The van der Waals surface area contributed by atoms with Crippen LogP contribution in [0.3, 0.4) is 0 Å². The van der Waals surface area contributed by atoms with Crippen molar-refractivity contribution in [3.05, 3.63) is 63.1 Å². The zero-order valence-corrected chi connectivity index (χ0v) is 13.6. The molecule has 0 aliphatic carbocycles. The zero-order valence-electron chi connectivity index (χ0n) is 12.0. The monoisotopic (exact) mass is 347 g/mol. The number of hydrogen-bond acceptors (Lipinski definition) is 3. The SMILES string of the molecule is Cc1cc(Br)cc(C)c1NCc1ccc(C(N)=NO)cc1. The van der Waals surface area contributed by atoms with Crippen LogP contribution in [0.25, 0.3) is 0 Å². The maximum absolute atomic E-state index is 8.64. The summed E-state index contributed by atoms with van der Waals surface area (Å²) < 4.78 is 1.09. The molecule has 0 radical (unpaired) electrons. The molecule has 0 fully saturated rings. The second-order valence-corrected chi connectivity index (χ2v) is 5.87. The van der Waals surface area contributed by atoms with Crippen LogP contribution in [0.1, 0.15) is 22.3 Å². The minimum Gasteiger partial charge on any atom is -0.409 e. The molecule has 0 atom stereocenters. The lowest BCUT2D eigenvalue weighted by atomic mass is 10.1. The molecule has 0 bridgehead atoms. The smallest absolute Gasteiger partial charge is 0.170 e. The molecule has 0 spiro atoms. The summed E-state index contributed by atoms with van der Waals surface area (Å²) in [5, 5.41) is 15.1. The summed E-state index contributed by atoms with van der Waals surface area (Å²) in [6.07, 6.45) is 0. The molecule has 0 saturated heterocycles. The molecule has 0 amide bonds. The van der Waals surface area contributed by atoms with E-state index < -0.39 is 0 Å². The van der Waals surface area contributed by atoms with Crippen LogP contribution in [0.5, 0.6) is 0 Å². The quantitative estimate of drug-likeness (QED) is 0.341. The number of nitrogens with one attached hydrogen (secondary N) is 1. The average molecular weight is 348 g/mol. The van der Waals surface area contributed by atoms with Crippen LogP contribution in [0.2, 0.25) is 0 Å². The summed E-state index contributed by atoms with van der Waals surface area (Å²) in [6, 6.07) is 11.8. The predicted octanol–water partition coefficient (Wildman–Crippen LogP) is 3.77. The van der Waals surface area contributed by atoms with Gasteiger partial charge in [-0.05, 0) is 42.7 Å². The topological polar surface area (TPSA) is 70.6 Å². The Morgan fingerprint density at radius 1 is 1.19 bits per heavy atom. The third kappa shape index (κ3) is 3.76. The number of hydrogen-bond donors (Lipinski definition) is 3. The standard InChI is InChI=1S/C16H18BrN3O/c1-10-7-14(17)8-11(2)15(10)19-9-12-3-5-13(6-4-12)16(18)20-21/h3-8,19,21H,9H2,1-2H3,(H2,18,20). The molecule has 0 saturated carbocycles. The fourth-order valence-electron chi connectivity index (χ4n) is 2.23. The second-order valence-electron chi connectivity index (χ2n) is 4.95.